The number of benzene rings is 1. The molecule has 2 heterocycles. The van der Waals surface area contributed by atoms with Gasteiger partial charge in [-0.25, -0.2) is 4.98 Å². The number of carbonyl (C=O) groups excluding carboxylic acids is 1. The fourth-order valence-corrected chi connectivity index (χ4v) is 3.28. The molecule has 2 aromatic heterocycles. The van der Waals surface area contributed by atoms with Crippen molar-refractivity contribution in [3.05, 3.63) is 72.9 Å². The molecule has 1 aromatic carbocycles. The van der Waals surface area contributed by atoms with Crippen LogP contribution in [-0.4, -0.2) is 20.9 Å². The third kappa shape index (κ3) is 8.26. The van der Waals surface area contributed by atoms with E-state index in [4.69, 9.17) is 4.74 Å². The molecule has 0 bridgehead atoms. The first-order valence-electron chi connectivity index (χ1n) is 12.0. The van der Waals surface area contributed by atoms with E-state index in [0.29, 0.717) is 11.6 Å². The first kappa shape index (κ1) is 30.5. The zero-order valence-electron chi connectivity index (χ0n) is 21.6. The summed E-state index contributed by atoms with van der Waals surface area (Å²) in [6, 6.07) is 14.6. The van der Waals surface area contributed by atoms with Gasteiger partial charge in [-0.15, -0.1) is 6.07 Å². The van der Waals surface area contributed by atoms with Crippen LogP contribution >= 0.6 is 0 Å². The number of aromatic nitrogens is 2. The zero-order valence-corrected chi connectivity index (χ0v) is 24.0. The van der Waals surface area contributed by atoms with Crippen molar-refractivity contribution in [3.8, 4) is 11.6 Å². The minimum absolute atomic E-state index is 0. The molecular formula is C29H37IrN2O3-. The molecule has 6 heteroatoms. The number of carbonyl (C=O) groups is 1. The second kappa shape index (κ2) is 14.1. The van der Waals surface area contributed by atoms with Crippen LogP contribution in [0.2, 0.25) is 0 Å². The molecule has 191 valence electrons. The monoisotopic (exact) mass is 654 g/mol. The Balaban J connectivity index is 0.000000340. The fourth-order valence-electron chi connectivity index (χ4n) is 3.28. The predicted octanol–water partition coefficient (Wildman–Crippen LogP) is 7.87. The maximum Gasteiger partial charge on any atom is 0.217 e. The Labute approximate surface area is 223 Å². The normalized spacial score (nSPS) is 11.8. The number of ether oxygens (including phenoxy) is 1. The van der Waals surface area contributed by atoms with Crippen LogP contribution in [0.1, 0.15) is 67.2 Å². The summed E-state index contributed by atoms with van der Waals surface area (Å²) in [5.41, 5.74) is -0.603. The number of allylic oxidation sites excluding steroid dienone is 2. The van der Waals surface area contributed by atoms with Gasteiger partial charge >= 0.3 is 0 Å². The number of hydrogen-bond acceptors (Lipinski definition) is 5. The summed E-state index contributed by atoms with van der Waals surface area (Å²) in [5, 5.41) is 12.3. The summed E-state index contributed by atoms with van der Waals surface area (Å²) in [6.45, 7) is 12.1. The Hall–Kier alpha value is -2.56. The topological polar surface area (TPSA) is 72.3 Å². The number of aliphatic hydroxyl groups is 1. The van der Waals surface area contributed by atoms with Crippen LogP contribution in [0.15, 0.2) is 66.8 Å². The summed E-state index contributed by atoms with van der Waals surface area (Å²) < 4.78 is 5.56. The molecule has 3 aromatic rings. The summed E-state index contributed by atoms with van der Waals surface area (Å²) in [4.78, 5) is 20.4. The minimum Gasteiger partial charge on any atom is -0.512 e. The number of rotatable bonds is 9. The molecule has 0 amide bonds. The van der Waals surface area contributed by atoms with Gasteiger partial charge in [-0.05, 0) is 37.3 Å². The van der Waals surface area contributed by atoms with Crippen molar-refractivity contribution in [1.82, 2.24) is 9.97 Å². The van der Waals surface area contributed by atoms with Crippen LogP contribution in [0.25, 0.3) is 10.8 Å². The van der Waals surface area contributed by atoms with Crippen molar-refractivity contribution >= 4 is 16.6 Å². The van der Waals surface area contributed by atoms with Gasteiger partial charge in [0.05, 0.1) is 0 Å². The smallest absolute Gasteiger partial charge is 0.217 e. The Kier molecular flexibility index (Phi) is 12.3. The van der Waals surface area contributed by atoms with Crippen LogP contribution in [0.3, 0.4) is 0 Å². The first-order chi connectivity index (χ1) is 16.2. The van der Waals surface area contributed by atoms with Crippen LogP contribution < -0.4 is 4.74 Å². The number of nitrogens with zero attached hydrogens (tertiary/aromatic N) is 2. The Morgan fingerprint density at radius 3 is 2.14 bits per heavy atom. The van der Waals surface area contributed by atoms with Gasteiger partial charge in [0, 0.05) is 60.4 Å². The summed E-state index contributed by atoms with van der Waals surface area (Å²) in [5.74, 6) is 1.40. The van der Waals surface area contributed by atoms with Crippen molar-refractivity contribution in [2.45, 2.75) is 67.2 Å². The number of fused-ring (bicyclic) bond motifs is 1. The number of pyridine rings is 2. The molecule has 0 atom stereocenters. The summed E-state index contributed by atoms with van der Waals surface area (Å²) >= 11 is 0. The van der Waals surface area contributed by atoms with Gasteiger partial charge in [0.2, 0.25) is 5.88 Å². The third-order valence-electron chi connectivity index (χ3n) is 7.00. The minimum atomic E-state index is -0.337. The molecule has 0 unspecified atom stereocenters. The Morgan fingerprint density at radius 2 is 1.60 bits per heavy atom. The average Bonchev–Trinajstić information content (AvgIpc) is 2.88. The fraction of sp³-hybridized carbons (Fsp3) is 0.414. The zero-order chi connectivity index (χ0) is 25.2. The van der Waals surface area contributed by atoms with E-state index in [-0.39, 0.29) is 42.5 Å². The molecule has 35 heavy (non-hydrogen) atoms. The molecule has 3 rings (SSSR count). The number of ketones is 1. The van der Waals surface area contributed by atoms with E-state index in [1.807, 2.05) is 71.9 Å². The molecular weight excluding hydrogens is 617 g/mol. The van der Waals surface area contributed by atoms with E-state index in [1.165, 1.54) is 6.08 Å². The van der Waals surface area contributed by atoms with Crippen molar-refractivity contribution in [2.24, 2.45) is 10.8 Å². The molecule has 5 nitrogen and oxygen atoms in total. The van der Waals surface area contributed by atoms with Crippen molar-refractivity contribution in [1.29, 1.82) is 0 Å². The quantitative estimate of drug-likeness (QED) is 0.145. The SMILES string of the molecule is CCC(C)(CC)C(=O)/C=C(\O)C(C)(CC)CC.[Ir].[c-]1ccncc1Oc1cc2ccccc2cn1. The van der Waals surface area contributed by atoms with E-state index >= 15 is 0 Å². The van der Waals surface area contributed by atoms with Gasteiger partial charge in [-0.1, -0.05) is 72.0 Å². The molecule has 0 saturated heterocycles. The third-order valence-corrected chi connectivity index (χ3v) is 7.00. The summed E-state index contributed by atoms with van der Waals surface area (Å²) in [7, 11) is 0. The van der Waals surface area contributed by atoms with E-state index in [1.54, 1.807) is 24.7 Å². The maximum atomic E-state index is 12.2. The van der Waals surface area contributed by atoms with Gasteiger partial charge in [-0.3, -0.25) is 4.79 Å². The second-order valence-electron chi connectivity index (χ2n) is 9.00. The van der Waals surface area contributed by atoms with E-state index in [0.717, 1.165) is 36.5 Å². The van der Waals surface area contributed by atoms with Gasteiger partial charge in [0.1, 0.15) is 5.76 Å². The second-order valence-corrected chi connectivity index (χ2v) is 9.00. The van der Waals surface area contributed by atoms with Crippen LogP contribution in [0, 0.1) is 16.9 Å². The number of aliphatic hydroxyl groups excluding tert-OH is 1. The molecule has 0 aliphatic rings. The molecule has 0 aliphatic carbocycles. The molecule has 1 radical (unpaired) electrons. The molecule has 0 fully saturated rings. The molecule has 0 spiro atoms. The Bertz CT molecular complexity index is 1090. The van der Waals surface area contributed by atoms with E-state index in [2.05, 4.69) is 16.0 Å². The maximum absolute atomic E-state index is 12.2. The largest absolute Gasteiger partial charge is 0.512 e. The Morgan fingerprint density at radius 1 is 1.00 bits per heavy atom. The van der Waals surface area contributed by atoms with E-state index < -0.39 is 0 Å². The predicted molar refractivity (Wildman–Crippen MR) is 138 cm³/mol. The van der Waals surface area contributed by atoms with Crippen molar-refractivity contribution in [3.63, 3.8) is 0 Å². The van der Waals surface area contributed by atoms with Gasteiger partial charge < -0.3 is 14.8 Å². The van der Waals surface area contributed by atoms with Crippen molar-refractivity contribution in [2.75, 3.05) is 0 Å². The molecule has 0 saturated carbocycles. The van der Waals surface area contributed by atoms with E-state index in [9.17, 15) is 9.90 Å². The van der Waals surface area contributed by atoms with Crippen LogP contribution in [-0.2, 0) is 24.9 Å². The van der Waals surface area contributed by atoms with Crippen LogP contribution in [0.4, 0.5) is 0 Å². The molecule has 1 N–H and O–H groups in total. The first-order valence-corrected chi connectivity index (χ1v) is 12.0. The van der Waals surface area contributed by atoms with Crippen molar-refractivity contribution < 1.29 is 34.7 Å². The molecule has 0 aliphatic heterocycles. The van der Waals surface area contributed by atoms with Gasteiger partial charge in [0.15, 0.2) is 5.78 Å². The van der Waals surface area contributed by atoms with Gasteiger partial charge in [0.25, 0.3) is 0 Å². The average molecular weight is 654 g/mol. The number of hydrogen-bond donors (Lipinski definition) is 1. The van der Waals surface area contributed by atoms with Gasteiger partial charge in [-0.2, -0.15) is 6.07 Å². The summed E-state index contributed by atoms with van der Waals surface area (Å²) in [6.07, 6.45) is 9.81. The van der Waals surface area contributed by atoms with Crippen LogP contribution in [0.5, 0.6) is 11.6 Å². The standard InChI is InChI=1S/C15H28O2.C14H9N2O.Ir/c1-7-14(5,8-2)12(16)11-13(17)15(6,9-3)10-4;1-2-5-12-9-16-14(8-11(12)4-1)17-13-6-3-7-15-10-13;/h11,16H,7-10H2,1-6H3;1-5,7-10H;/q;-1;/b12-11-;;.